The molecular formula is C9H15NO2. The molecule has 3 heteroatoms. The number of rotatable bonds is 5. The first-order valence-corrected chi connectivity index (χ1v) is 4.15. The Bertz CT molecular complexity index is 160. The maximum Gasteiger partial charge on any atom is 0.407 e. The number of hydrogen-bond donors (Lipinski definition) is 1. The molecule has 0 fully saturated rings. The highest BCUT2D eigenvalue weighted by Gasteiger charge is 1.96. The summed E-state index contributed by atoms with van der Waals surface area (Å²) in [6.07, 6.45) is 7.33. The van der Waals surface area contributed by atoms with Gasteiger partial charge in [0.2, 0.25) is 0 Å². The molecule has 0 rings (SSSR count). The largest absolute Gasteiger partial charge is 0.450 e. The van der Waals surface area contributed by atoms with Gasteiger partial charge in [0.25, 0.3) is 0 Å². The summed E-state index contributed by atoms with van der Waals surface area (Å²) in [7, 11) is 0. The van der Waals surface area contributed by atoms with Gasteiger partial charge in [-0.1, -0.05) is 0 Å². The van der Waals surface area contributed by atoms with Gasteiger partial charge in [-0.3, -0.25) is 0 Å². The Kier molecular flexibility index (Phi) is 7.16. The van der Waals surface area contributed by atoms with Crippen molar-refractivity contribution in [3.8, 4) is 12.3 Å². The van der Waals surface area contributed by atoms with Crippen molar-refractivity contribution in [3.63, 3.8) is 0 Å². The molecule has 0 spiro atoms. The lowest BCUT2D eigenvalue weighted by Crippen LogP contribution is -2.25. The molecule has 0 bridgehead atoms. The fourth-order valence-corrected chi connectivity index (χ4v) is 0.725. The minimum absolute atomic E-state index is 0.349. The number of alkyl carbamates (subject to hydrolysis) is 1. The van der Waals surface area contributed by atoms with Crippen molar-refractivity contribution in [3.05, 3.63) is 0 Å². The van der Waals surface area contributed by atoms with Crippen LogP contribution in [0.1, 0.15) is 26.2 Å². The van der Waals surface area contributed by atoms with E-state index in [0.717, 1.165) is 19.3 Å². The Morgan fingerprint density at radius 3 is 2.92 bits per heavy atom. The number of terminal acetylenes is 1. The summed E-state index contributed by atoms with van der Waals surface area (Å²) in [5.74, 6) is 2.54. The quantitative estimate of drug-likeness (QED) is 0.500. The molecule has 0 aromatic carbocycles. The third-order valence-corrected chi connectivity index (χ3v) is 1.29. The van der Waals surface area contributed by atoms with Gasteiger partial charge in [0, 0.05) is 13.0 Å². The highest BCUT2D eigenvalue weighted by atomic mass is 16.5. The zero-order valence-corrected chi connectivity index (χ0v) is 7.43. The van der Waals surface area contributed by atoms with E-state index in [9.17, 15) is 4.79 Å². The summed E-state index contributed by atoms with van der Waals surface area (Å²) >= 11 is 0. The fraction of sp³-hybridized carbons (Fsp3) is 0.667. The molecule has 0 aliphatic carbocycles. The van der Waals surface area contributed by atoms with Crippen LogP contribution in [-0.4, -0.2) is 19.2 Å². The Hall–Kier alpha value is -1.17. The Morgan fingerprint density at radius 2 is 2.33 bits per heavy atom. The molecule has 0 aromatic rings. The molecule has 0 heterocycles. The van der Waals surface area contributed by atoms with Crippen LogP contribution in [0.5, 0.6) is 0 Å². The van der Waals surface area contributed by atoms with E-state index < -0.39 is 0 Å². The van der Waals surface area contributed by atoms with Crippen LogP contribution in [-0.2, 0) is 4.74 Å². The van der Waals surface area contributed by atoms with Gasteiger partial charge in [0.15, 0.2) is 0 Å². The first kappa shape index (κ1) is 10.8. The van der Waals surface area contributed by atoms with Gasteiger partial charge in [-0.2, -0.15) is 0 Å². The first-order chi connectivity index (χ1) is 5.81. The second kappa shape index (κ2) is 7.93. The summed E-state index contributed by atoms with van der Waals surface area (Å²) < 4.78 is 4.66. The Morgan fingerprint density at radius 1 is 1.58 bits per heavy atom. The zero-order valence-electron chi connectivity index (χ0n) is 7.43. The van der Waals surface area contributed by atoms with E-state index in [1.54, 1.807) is 6.92 Å². The predicted octanol–water partition coefficient (Wildman–Crippen LogP) is 1.54. The van der Waals surface area contributed by atoms with Crippen LogP contribution in [0.15, 0.2) is 0 Å². The average molecular weight is 169 g/mol. The monoisotopic (exact) mass is 169 g/mol. The van der Waals surface area contributed by atoms with Crippen molar-refractivity contribution in [1.82, 2.24) is 5.32 Å². The highest BCUT2D eigenvalue weighted by Crippen LogP contribution is 1.91. The van der Waals surface area contributed by atoms with E-state index in [0.29, 0.717) is 13.2 Å². The zero-order chi connectivity index (χ0) is 9.23. The molecule has 0 aromatic heterocycles. The van der Waals surface area contributed by atoms with E-state index in [-0.39, 0.29) is 6.09 Å². The molecule has 0 atom stereocenters. The van der Waals surface area contributed by atoms with Crippen LogP contribution in [0.4, 0.5) is 4.79 Å². The topological polar surface area (TPSA) is 38.3 Å². The molecule has 0 unspecified atom stereocenters. The number of unbranched alkanes of at least 4 members (excludes halogenated alkanes) is 2. The number of nitrogens with one attached hydrogen (secondary N) is 1. The smallest absolute Gasteiger partial charge is 0.407 e. The molecule has 0 saturated heterocycles. The van der Waals surface area contributed by atoms with Crippen LogP contribution in [0.3, 0.4) is 0 Å². The molecule has 0 aliphatic heterocycles. The maximum atomic E-state index is 10.7. The number of ether oxygens (including phenoxy) is 1. The minimum Gasteiger partial charge on any atom is -0.450 e. The van der Waals surface area contributed by atoms with Crippen LogP contribution >= 0.6 is 0 Å². The minimum atomic E-state index is -0.349. The summed E-state index contributed by atoms with van der Waals surface area (Å²) in [4.78, 5) is 10.7. The van der Waals surface area contributed by atoms with Crippen molar-refractivity contribution in [2.24, 2.45) is 0 Å². The number of hydrogen-bond acceptors (Lipinski definition) is 2. The molecule has 1 N–H and O–H groups in total. The van der Waals surface area contributed by atoms with Crippen LogP contribution in [0.25, 0.3) is 0 Å². The van der Waals surface area contributed by atoms with Crippen LogP contribution < -0.4 is 5.32 Å². The molecule has 1 amide bonds. The van der Waals surface area contributed by atoms with Gasteiger partial charge < -0.3 is 10.1 Å². The Balaban J connectivity index is 3.09. The van der Waals surface area contributed by atoms with Gasteiger partial charge in [-0.05, 0) is 19.8 Å². The fourth-order valence-electron chi connectivity index (χ4n) is 0.725. The number of carbonyl (C=O) groups excluding carboxylic acids is 1. The normalized spacial score (nSPS) is 8.67. The van der Waals surface area contributed by atoms with E-state index in [2.05, 4.69) is 16.0 Å². The van der Waals surface area contributed by atoms with Gasteiger partial charge in [-0.25, -0.2) is 4.79 Å². The van der Waals surface area contributed by atoms with Crippen molar-refractivity contribution in [2.75, 3.05) is 13.2 Å². The van der Waals surface area contributed by atoms with E-state index in [1.165, 1.54) is 0 Å². The highest BCUT2D eigenvalue weighted by molar-refractivity contribution is 5.66. The van der Waals surface area contributed by atoms with Crippen molar-refractivity contribution >= 4 is 6.09 Å². The SMILES string of the molecule is C#CCCCCNC(=O)OCC. The van der Waals surface area contributed by atoms with Gasteiger partial charge in [0.1, 0.15) is 0 Å². The summed E-state index contributed by atoms with van der Waals surface area (Å²) in [6.45, 7) is 2.83. The van der Waals surface area contributed by atoms with E-state index in [4.69, 9.17) is 6.42 Å². The summed E-state index contributed by atoms with van der Waals surface area (Å²) in [5, 5.41) is 2.61. The maximum absolute atomic E-state index is 10.7. The summed E-state index contributed by atoms with van der Waals surface area (Å²) in [6, 6.07) is 0. The van der Waals surface area contributed by atoms with Crippen LogP contribution in [0.2, 0.25) is 0 Å². The lowest BCUT2D eigenvalue weighted by atomic mass is 10.2. The molecule has 12 heavy (non-hydrogen) atoms. The first-order valence-electron chi connectivity index (χ1n) is 4.15. The summed E-state index contributed by atoms with van der Waals surface area (Å²) in [5.41, 5.74) is 0. The van der Waals surface area contributed by atoms with Gasteiger partial charge >= 0.3 is 6.09 Å². The van der Waals surface area contributed by atoms with Crippen LogP contribution in [0, 0.1) is 12.3 Å². The lowest BCUT2D eigenvalue weighted by molar-refractivity contribution is 0.152. The third kappa shape index (κ3) is 6.94. The van der Waals surface area contributed by atoms with E-state index >= 15 is 0 Å². The molecule has 0 saturated carbocycles. The van der Waals surface area contributed by atoms with Gasteiger partial charge in [0.05, 0.1) is 6.61 Å². The standard InChI is InChI=1S/C9H15NO2/c1-3-5-6-7-8-10-9(11)12-4-2/h1H,4-8H2,2H3,(H,10,11). The number of amides is 1. The van der Waals surface area contributed by atoms with E-state index in [1.807, 2.05) is 0 Å². The lowest BCUT2D eigenvalue weighted by Gasteiger charge is -2.03. The Labute approximate surface area is 73.5 Å². The number of carbonyl (C=O) groups is 1. The predicted molar refractivity (Wildman–Crippen MR) is 47.7 cm³/mol. The molecular weight excluding hydrogens is 154 g/mol. The van der Waals surface area contributed by atoms with Crippen molar-refractivity contribution in [2.45, 2.75) is 26.2 Å². The second-order valence-corrected chi connectivity index (χ2v) is 2.31. The van der Waals surface area contributed by atoms with Crippen molar-refractivity contribution < 1.29 is 9.53 Å². The second-order valence-electron chi connectivity index (χ2n) is 2.31. The molecule has 68 valence electrons. The van der Waals surface area contributed by atoms with Gasteiger partial charge in [-0.15, -0.1) is 12.3 Å². The van der Waals surface area contributed by atoms with Crippen molar-refractivity contribution in [1.29, 1.82) is 0 Å². The third-order valence-electron chi connectivity index (χ3n) is 1.29. The molecule has 3 nitrogen and oxygen atoms in total. The molecule has 0 radical (unpaired) electrons. The molecule has 0 aliphatic rings. The average Bonchev–Trinajstić information content (AvgIpc) is 2.05.